The van der Waals surface area contributed by atoms with E-state index in [2.05, 4.69) is 54.6 Å². The van der Waals surface area contributed by atoms with Gasteiger partial charge in [-0.25, -0.2) is 0 Å². The summed E-state index contributed by atoms with van der Waals surface area (Å²) in [6.07, 6.45) is 9.68. The van der Waals surface area contributed by atoms with Gasteiger partial charge < -0.3 is 10.2 Å². The van der Waals surface area contributed by atoms with Gasteiger partial charge in [-0.1, -0.05) is 26.0 Å². The molecule has 0 aliphatic carbocycles. The Kier molecular flexibility index (Phi) is 9.55. The lowest BCUT2D eigenvalue weighted by Gasteiger charge is -2.27. The van der Waals surface area contributed by atoms with Gasteiger partial charge in [-0.3, -0.25) is 4.79 Å². The monoisotopic (exact) mass is 376 g/mol. The van der Waals surface area contributed by atoms with Gasteiger partial charge in [-0.2, -0.15) is 0 Å². The van der Waals surface area contributed by atoms with Crippen LogP contribution in [0.25, 0.3) is 0 Å². The number of hydrogen-bond donors (Lipinski definition) is 1. The zero-order chi connectivity index (χ0) is 18.8. The number of benzene rings is 1. The fourth-order valence-corrected chi connectivity index (χ4v) is 4.25. The first-order valence-corrected chi connectivity index (χ1v) is 11.5. The van der Waals surface area contributed by atoms with Crippen molar-refractivity contribution < 1.29 is 4.79 Å². The summed E-state index contributed by atoms with van der Waals surface area (Å²) >= 11 is 1.80. The number of amides is 1. The largest absolute Gasteiger partial charge is 0.343 e. The van der Waals surface area contributed by atoms with E-state index < -0.39 is 0 Å². The molecule has 0 radical (unpaired) electrons. The Morgan fingerprint density at radius 2 is 1.96 bits per heavy atom. The number of nitrogens with zero attached hydrogens (tertiary/aromatic N) is 1. The minimum Gasteiger partial charge on any atom is -0.343 e. The average Bonchev–Trinajstić information content (AvgIpc) is 2.66. The van der Waals surface area contributed by atoms with Crippen molar-refractivity contribution >= 4 is 17.7 Å². The maximum atomic E-state index is 11.8. The molecule has 0 aromatic heterocycles. The molecule has 0 spiro atoms. The summed E-state index contributed by atoms with van der Waals surface area (Å²) in [5.41, 5.74) is 1.43. The minimum atomic E-state index is 0.358. The lowest BCUT2D eigenvalue weighted by atomic mass is 9.92. The highest BCUT2D eigenvalue weighted by Crippen LogP contribution is 2.19. The van der Waals surface area contributed by atoms with Gasteiger partial charge in [-0.05, 0) is 74.9 Å². The molecule has 1 fully saturated rings. The number of nitrogens with one attached hydrogen (secondary N) is 1. The molecule has 0 saturated carbocycles. The number of rotatable bonds is 11. The van der Waals surface area contributed by atoms with E-state index in [1.807, 2.05) is 0 Å². The van der Waals surface area contributed by atoms with Gasteiger partial charge in [-0.15, -0.1) is 11.8 Å². The van der Waals surface area contributed by atoms with Crippen LogP contribution in [0.2, 0.25) is 0 Å². The molecule has 2 atom stereocenters. The van der Waals surface area contributed by atoms with E-state index in [1.165, 1.54) is 16.9 Å². The minimum absolute atomic E-state index is 0.358. The average molecular weight is 377 g/mol. The van der Waals surface area contributed by atoms with Gasteiger partial charge >= 0.3 is 0 Å². The van der Waals surface area contributed by atoms with E-state index in [0.29, 0.717) is 17.9 Å². The lowest BCUT2D eigenvalue weighted by molar-refractivity contribution is -0.133. The first kappa shape index (κ1) is 21.3. The Morgan fingerprint density at radius 1 is 1.19 bits per heavy atom. The SMILES string of the molecule is CCC(NCCCCN1CCCCC1=O)C(C)Cc1ccc(SC)cc1. The van der Waals surface area contributed by atoms with E-state index in [4.69, 9.17) is 0 Å². The summed E-state index contributed by atoms with van der Waals surface area (Å²) in [7, 11) is 0. The molecule has 26 heavy (non-hydrogen) atoms. The van der Waals surface area contributed by atoms with Crippen LogP contribution in [0.1, 0.15) is 57.9 Å². The standard InChI is InChI=1S/C22H36N2OS/c1-4-21(18(2)17-19-10-12-20(26-3)13-11-19)23-14-6-8-16-24-15-7-5-9-22(24)25/h10-13,18,21,23H,4-9,14-17H2,1-3H3. The lowest BCUT2D eigenvalue weighted by Crippen LogP contribution is -2.37. The van der Waals surface area contributed by atoms with Crippen LogP contribution in [0.3, 0.4) is 0 Å². The molecule has 2 rings (SSSR count). The van der Waals surface area contributed by atoms with Crippen LogP contribution in [-0.4, -0.2) is 42.7 Å². The summed E-state index contributed by atoms with van der Waals surface area (Å²) < 4.78 is 0. The van der Waals surface area contributed by atoms with Crippen molar-refractivity contribution in [1.82, 2.24) is 10.2 Å². The second-order valence-electron chi connectivity index (χ2n) is 7.54. The van der Waals surface area contributed by atoms with Crippen molar-refractivity contribution in [2.75, 3.05) is 25.9 Å². The zero-order valence-electron chi connectivity index (χ0n) is 16.8. The van der Waals surface area contributed by atoms with Gasteiger partial charge in [0.05, 0.1) is 0 Å². The molecule has 1 aromatic rings. The quantitative estimate of drug-likeness (QED) is 0.447. The van der Waals surface area contributed by atoms with Gasteiger partial charge in [0.15, 0.2) is 0 Å². The van der Waals surface area contributed by atoms with Crippen molar-refractivity contribution in [2.45, 2.75) is 69.7 Å². The number of likely N-dealkylation sites (tertiary alicyclic amines) is 1. The highest BCUT2D eigenvalue weighted by molar-refractivity contribution is 7.98. The van der Waals surface area contributed by atoms with Crippen LogP contribution in [-0.2, 0) is 11.2 Å². The Labute approximate surface area is 164 Å². The Balaban J connectivity index is 1.66. The molecule has 146 valence electrons. The Hall–Kier alpha value is -1.00. The van der Waals surface area contributed by atoms with E-state index in [9.17, 15) is 4.79 Å². The van der Waals surface area contributed by atoms with Gasteiger partial charge in [0.2, 0.25) is 5.91 Å². The van der Waals surface area contributed by atoms with Crippen LogP contribution < -0.4 is 5.32 Å². The smallest absolute Gasteiger partial charge is 0.222 e. The van der Waals surface area contributed by atoms with Crippen LogP contribution in [0.4, 0.5) is 0 Å². The van der Waals surface area contributed by atoms with E-state index in [-0.39, 0.29) is 0 Å². The predicted octanol–water partition coefficient (Wildman–Crippen LogP) is 4.75. The molecule has 1 heterocycles. The number of carbonyl (C=O) groups is 1. The van der Waals surface area contributed by atoms with Crippen LogP contribution in [0.15, 0.2) is 29.2 Å². The van der Waals surface area contributed by atoms with E-state index in [0.717, 1.165) is 58.2 Å². The molecule has 1 saturated heterocycles. The molecular formula is C22H36N2OS. The molecule has 3 nitrogen and oxygen atoms in total. The van der Waals surface area contributed by atoms with Crippen molar-refractivity contribution in [1.29, 1.82) is 0 Å². The molecule has 4 heteroatoms. The van der Waals surface area contributed by atoms with E-state index in [1.54, 1.807) is 11.8 Å². The normalized spacial score (nSPS) is 17.3. The Bertz CT molecular complexity index is 531. The first-order valence-electron chi connectivity index (χ1n) is 10.3. The Morgan fingerprint density at radius 3 is 2.62 bits per heavy atom. The van der Waals surface area contributed by atoms with Crippen LogP contribution >= 0.6 is 11.8 Å². The topological polar surface area (TPSA) is 32.3 Å². The summed E-state index contributed by atoms with van der Waals surface area (Å²) in [6, 6.07) is 9.55. The highest BCUT2D eigenvalue weighted by atomic mass is 32.2. The third kappa shape index (κ3) is 6.96. The van der Waals surface area contributed by atoms with Gasteiger partial charge in [0.1, 0.15) is 0 Å². The fraction of sp³-hybridized carbons (Fsp3) is 0.682. The molecule has 1 aromatic carbocycles. The number of unbranched alkanes of at least 4 members (excludes halogenated alkanes) is 1. The van der Waals surface area contributed by atoms with Crippen LogP contribution in [0.5, 0.6) is 0 Å². The second-order valence-corrected chi connectivity index (χ2v) is 8.42. The van der Waals surface area contributed by atoms with Crippen LogP contribution in [0, 0.1) is 5.92 Å². The molecule has 1 aliphatic heterocycles. The molecular weight excluding hydrogens is 340 g/mol. The number of hydrogen-bond acceptors (Lipinski definition) is 3. The summed E-state index contributed by atoms with van der Waals surface area (Å²) in [5.74, 6) is 0.987. The third-order valence-corrected chi connectivity index (χ3v) is 6.27. The molecule has 2 unspecified atom stereocenters. The molecule has 1 N–H and O–H groups in total. The predicted molar refractivity (Wildman–Crippen MR) is 113 cm³/mol. The zero-order valence-corrected chi connectivity index (χ0v) is 17.6. The fourth-order valence-electron chi connectivity index (χ4n) is 3.84. The summed E-state index contributed by atoms with van der Waals surface area (Å²) in [5, 5.41) is 3.75. The molecule has 1 aliphatic rings. The van der Waals surface area contributed by atoms with Crippen molar-refractivity contribution in [3.63, 3.8) is 0 Å². The number of carbonyl (C=O) groups excluding carboxylic acids is 1. The van der Waals surface area contributed by atoms with Crippen molar-refractivity contribution in [3.8, 4) is 0 Å². The maximum absolute atomic E-state index is 11.8. The second kappa shape index (κ2) is 11.7. The van der Waals surface area contributed by atoms with Crippen molar-refractivity contribution in [3.05, 3.63) is 29.8 Å². The first-order chi connectivity index (χ1) is 12.6. The van der Waals surface area contributed by atoms with Gasteiger partial charge in [0, 0.05) is 30.4 Å². The number of piperidine rings is 1. The molecule has 0 bridgehead atoms. The van der Waals surface area contributed by atoms with Crippen molar-refractivity contribution in [2.24, 2.45) is 5.92 Å². The van der Waals surface area contributed by atoms with Gasteiger partial charge in [0.25, 0.3) is 0 Å². The molecule has 1 amide bonds. The summed E-state index contributed by atoms with van der Waals surface area (Å²) in [6.45, 7) is 7.59. The summed E-state index contributed by atoms with van der Waals surface area (Å²) in [4.78, 5) is 15.2. The number of thioether (sulfide) groups is 1. The van der Waals surface area contributed by atoms with E-state index >= 15 is 0 Å². The highest BCUT2D eigenvalue weighted by Gasteiger charge is 2.18. The maximum Gasteiger partial charge on any atom is 0.222 e. The third-order valence-electron chi connectivity index (χ3n) is 5.53.